The zero-order valence-corrected chi connectivity index (χ0v) is 10.7. The molecule has 2 aromatic rings. The second-order valence-corrected chi connectivity index (χ2v) is 4.40. The third-order valence-corrected chi connectivity index (χ3v) is 3.34. The topological polar surface area (TPSA) is 43.8 Å². The SMILES string of the molecule is CCC(CC)n1c(CCN)nc2ccccc21. The maximum atomic E-state index is 5.68. The minimum Gasteiger partial charge on any atom is -0.330 e. The van der Waals surface area contributed by atoms with Gasteiger partial charge >= 0.3 is 0 Å². The minimum atomic E-state index is 0.531. The molecule has 1 aromatic heterocycles. The molecule has 0 saturated heterocycles. The summed E-state index contributed by atoms with van der Waals surface area (Å²) in [4.78, 5) is 4.70. The lowest BCUT2D eigenvalue weighted by Gasteiger charge is -2.18. The highest BCUT2D eigenvalue weighted by atomic mass is 15.1. The Kier molecular flexibility index (Phi) is 3.79. The fraction of sp³-hybridized carbons (Fsp3) is 0.500. The molecule has 17 heavy (non-hydrogen) atoms. The molecule has 0 atom stereocenters. The second-order valence-electron chi connectivity index (χ2n) is 4.40. The molecule has 0 aliphatic rings. The van der Waals surface area contributed by atoms with Crippen LogP contribution in [0.1, 0.15) is 38.6 Å². The molecule has 0 aliphatic carbocycles. The van der Waals surface area contributed by atoms with E-state index in [1.807, 2.05) is 6.07 Å². The zero-order valence-electron chi connectivity index (χ0n) is 10.7. The summed E-state index contributed by atoms with van der Waals surface area (Å²) >= 11 is 0. The van der Waals surface area contributed by atoms with Crippen molar-refractivity contribution in [1.82, 2.24) is 9.55 Å². The van der Waals surface area contributed by atoms with E-state index in [1.54, 1.807) is 0 Å². The molecule has 3 nitrogen and oxygen atoms in total. The number of nitrogens with zero attached hydrogens (tertiary/aromatic N) is 2. The second kappa shape index (κ2) is 5.32. The molecule has 0 aliphatic heterocycles. The average Bonchev–Trinajstić information content (AvgIpc) is 2.71. The van der Waals surface area contributed by atoms with Gasteiger partial charge in [-0.15, -0.1) is 0 Å². The number of benzene rings is 1. The Labute approximate surface area is 103 Å². The van der Waals surface area contributed by atoms with E-state index in [9.17, 15) is 0 Å². The lowest BCUT2D eigenvalue weighted by atomic mass is 10.1. The van der Waals surface area contributed by atoms with Gasteiger partial charge in [0.1, 0.15) is 5.82 Å². The summed E-state index contributed by atoms with van der Waals surface area (Å²) in [5, 5.41) is 0. The van der Waals surface area contributed by atoms with E-state index in [4.69, 9.17) is 10.7 Å². The lowest BCUT2D eigenvalue weighted by Crippen LogP contribution is -2.14. The fourth-order valence-electron chi connectivity index (χ4n) is 2.46. The van der Waals surface area contributed by atoms with Gasteiger partial charge in [0.25, 0.3) is 0 Å². The maximum Gasteiger partial charge on any atom is 0.111 e. The highest BCUT2D eigenvalue weighted by Gasteiger charge is 2.15. The molecule has 0 fully saturated rings. The predicted octanol–water partition coefficient (Wildman–Crippen LogP) is 2.90. The number of hydrogen-bond donors (Lipinski definition) is 1. The van der Waals surface area contributed by atoms with Crippen molar-refractivity contribution in [3.8, 4) is 0 Å². The van der Waals surface area contributed by atoms with Crippen molar-refractivity contribution in [2.24, 2.45) is 5.73 Å². The van der Waals surface area contributed by atoms with E-state index in [2.05, 4.69) is 36.6 Å². The van der Waals surface area contributed by atoms with Crippen LogP contribution in [0.2, 0.25) is 0 Å². The van der Waals surface area contributed by atoms with E-state index >= 15 is 0 Å². The Morgan fingerprint density at radius 2 is 1.94 bits per heavy atom. The van der Waals surface area contributed by atoms with Gasteiger partial charge in [-0.25, -0.2) is 4.98 Å². The Morgan fingerprint density at radius 3 is 2.59 bits per heavy atom. The summed E-state index contributed by atoms with van der Waals surface area (Å²) in [6, 6.07) is 8.88. The fourth-order valence-corrected chi connectivity index (χ4v) is 2.46. The summed E-state index contributed by atoms with van der Waals surface area (Å²) in [5.74, 6) is 1.13. The van der Waals surface area contributed by atoms with E-state index < -0.39 is 0 Å². The van der Waals surface area contributed by atoms with Crippen molar-refractivity contribution in [1.29, 1.82) is 0 Å². The van der Waals surface area contributed by atoms with Crippen molar-refractivity contribution in [3.05, 3.63) is 30.1 Å². The number of nitrogens with two attached hydrogens (primary N) is 1. The molecule has 3 heteroatoms. The standard InChI is InChI=1S/C14H21N3/c1-3-11(4-2)17-13-8-6-5-7-12(13)16-14(17)9-10-15/h5-8,11H,3-4,9-10,15H2,1-2H3. The van der Waals surface area contributed by atoms with Crippen LogP contribution in [0.5, 0.6) is 0 Å². The Bertz CT molecular complexity index is 483. The first-order valence-electron chi connectivity index (χ1n) is 6.47. The molecule has 0 spiro atoms. The van der Waals surface area contributed by atoms with Crippen LogP contribution >= 0.6 is 0 Å². The largest absolute Gasteiger partial charge is 0.330 e. The number of rotatable bonds is 5. The lowest BCUT2D eigenvalue weighted by molar-refractivity contribution is 0.466. The van der Waals surface area contributed by atoms with Crippen LogP contribution in [0.15, 0.2) is 24.3 Å². The van der Waals surface area contributed by atoms with Crippen molar-refractivity contribution in [2.45, 2.75) is 39.2 Å². The van der Waals surface area contributed by atoms with Crippen LogP contribution in [-0.4, -0.2) is 16.1 Å². The smallest absolute Gasteiger partial charge is 0.111 e. The van der Waals surface area contributed by atoms with Crippen LogP contribution in [0, 0.1) is 0 Å². The van der Waals surface area contributed by atoms with E-state index in [1.165, 1.54) is 5.52 Å². The third-order valence-electron chi connectivity index (χ3n) is 3.34. The summed E-state index contributed by atoms with van der Waals surface area (Å²) in [7, 11) is 0. The first kappa shape index (κ1) is 12.1. The minimum absolute atomic E-state index is 0.531. The summed E-state index contributed by atoms with van der Waals surface area (Å²) < 4.78 is 2.38. The number of para-hydroxylation sites is 2. The molecule has 2 rings (SSSR count). The van der Waals surface area contributed by atoms with Gasteiger partial charge in [0, 0.05) is 12.5 Å². The van der Waals surface area contributed by atoms with Crippen LogP contribution in [-0.2, 0) is 6.42 Å². The molecule has 2 N–H and O–H groups in total. The van der Waals surface area contributed by atoms with Crippen LogP contribution in [0.4, 0.5) is 0 Å². The average molecular weight is 231 g/mol. The van der Waals surface area contributed by atoms with Gasteiger partial charge in [0.15, 0.2) is 0 Å². The van der Waals surface area contributed by atoms with Gasteiger partial charge in [0.2, 0.25) is 0 Å². The number of hydrogen-bond acceptors (Lipinski definition) is 2. The highest BCUT2D eigenvalue weighted by molar-refractivity contribution is 5.76. The van der Waals surface area contributed by atoms with Crippen molar-refractivity contribution >= 4 is 11.0 Å². The third kappa shape index (κ3) is 2.20. The molecule has 0 radical (unpaired) electrons. The molecule has 92 valence electrons. The Balaban J connectivity index is 2.58. The first-order chi connectivity index (χ1) is 8.31. The zero-order chi connectivity index (χ0) is 12.3. The van der Waals surface area contributed by atoms with Crippen LogP contribution in [0.25, 0.3) is 11.0 Å². The molecule has 1 heterocycles. The van der Waals surface area contributed by atoms with Crippen molar-refractivity contribution in [2.75, 3.05) is 6.54 Å². The summed E-state index contributed by atoms with van der Waals surface area (Å²) in [6.45, 7) is 5.12. The van der Waals surface area contributed by atoms with Gasteiger partial charge in [-0.2, -0.15) is 0 Å². The predicted molar refractivity (Wildman–Crippen MR) is 72.1 cm³/mol. The number of aromatic nitrogens is 2. The highest BCUT2D eigenvalue weighted by Crippen LogP contribution is 2.25. The molecule has 1 aromatic carbocycles. The van der Waals surface area contributed by atoms with E-state index in [0.29, 0.717) is 12.6 Å². The van der Waals surface area contributed by atoms with Gasteiger partial charge in [-0.1, -0.05) is 26.0 Å². The van der Waals surface area contributed by atoms with Crippen LogP contribution < -0.4 is 5.73 Å². The molecular weight excluding hydrogens is 210 g/mol. The molecular formula is C14H21N3. The summed E-state index contributed by atoms with van der Waals surface area (Å²) in [5.41, 5.74) is 8.01. The van der Waals surface area contributed by atoms with E-state index in [0.717, 1.165) is 30.6 Å². The Morgan fingerprint density at radius 1 is 1.24 bits per heavy atom. The molecule has 0 saturated carbocycles. The molecule has 0 unspecified atom stereocenters. The monoisotopic (exact) mass is 231 g/mol. The quantitative estimate of drug-likeness (QED) is 0.860. The Hall–Kier alpha value is -1.35. The number of fused-ring (bicyclic) bond motifs is 1. The molecule has 0 amide bonds. The number of imidazole rings is 1. The van der Waals surface area contributed by atoms with Gasteiger partial charge in [-0.3, -0.25) is 0 Å². The normalized spacial score (nSPS) is 11.5. The van der Waals surface area contributed by atoms with Crippen molar-refractivity contribution in [3.63, 3.8) is 0 Å². The van der Waals surface area contributed by atoms with Crippen molar-refractivity contribution < 1.29 is 0 Å². The van der Waals surface area contributed by atoms with Gasteiger partial charge in [-0.05, 0) is 31.5 Å². The van der Waals surface area contributed by atoms with Gasteiger partial charge < -0.3 is 10.3 Å². The van der Waals surface area contributed by atoms with Gasteiger partial charge in [0.05, 0.1) is 11.0 Å². The summed E-state index contributed by atoms with van der Waals surface area (Å²) in [6.07, 6.45) is 3.12. The van der Waals surface area contributed by atoms with Crippen LogP contribution in [0.3, 0.4) is 0 Å². The van der Waals surface area contributed by atoms with E-state index in [-0.39, 0.29) is 0 Å². The molecule has 0 bridgehead atoms. The first-order valence-corrected chi connectivity index (χ1v) is 6.47. The maximum absolute atomic E-state index is 5.68.